The normalized spacial score (nSPS) is 20.4. The third-order valence-corrected chi connectivity index (χ3v) is 4.94. The van der Waals surface area contributed by atoms with Crippen molar-refractivity contribution in [1.82, 2.24) is 5.32 Å². The molecule has 1 aliphatic carbocycles. The summed E-state index contributed by atoms with van der Waals surface area (Å²) in [7, 11) is 0. The van der Waals surface area contributed by atoms with E-state index in [1.807, 2.05) is 37.3 Å². The van der Waals surface area contributed by atoms with E-state index in [1.54, 1.807) is 0 Å². The number of benzene rings is 2. The van der Waals surface area contributed by atoms with Crippen LogP contribution in [0.4, 0.5) is 5.69 Å². The first kappa shape index (κ1) is 16.6. The van der Waals surface area contributed by atoms with E-state index in [4.69, 9.17) is 0 Å². The van der Waals surface area contributed by atoms with Gasteiger partial charge in [-0.1, -0.05) is 36.4 Å². The van der Waals surface area contributed by atoms with E-state index in [2.05, 4.69) is 34.9 Å². The molecule has 24 heavy (non-hydrogen) atoms. The van der Waals surface area contributed by atoms with E-state index in [1.165, 1.54) is 18.5 Å². The lowest BCUT2D eigenvalue weighted by Crippen LogP contribution is -2.38. The molecular weight excluding hydrogens is 296 g/mol. The molecule has 0 spiro atoms. The molecule has 3 heteroatoms. The lowest BCUT2D eigenvalue weighted by molar-refractivity contribution is 0.0922. The second-order valence-corrected chi connectivity index (χ2v) is 6.75. The van der Waals surface area contributed by atoms with Gasteiger partial charge in [0.2, 0.25) is 0 Å². The molecule has 0 aromatic heterocycles. The fourth-order valence-electron chi connectivity index (χ4n) is 3.42. The number of rotatable bonds is 5. The highest BCUT2D eigenvalue weighted by atomic mass is 16.1. The highest BCUT2D eigenvalue weighted by Crippen LogP contribution is 2.25. The van der Waals surface area contributed by atoms with Gasteiger partial charge in [-0.25, -0.2) is 0 Å². The quantitative estimate of drug-likeness (QED) is 0.857. The number of amides is 1. The summed E-state index contributed by atoms with van der Waals surface area (Å²) in [6.45, 7) is 3.00. The van der Waals surface area contributed by atoms with Crippen molar-refractivity contribution in [2.75, 3.05) is 11.9 Å². The van der Waals surface area contributed by atoms with Gasteiger partial charge >= 0.3 is 0 Å². The third kappa shape index (κ3) is 4.38. The Kier molecular flexibility index (Phi) is 5.52. The van der Waals surface area contributed by atoms with E-state index >= 15 is 0 Å². The van der Waals surface area contributed by atoms with Gasteiger partial charge in [0.15, 0.2) is 0 Å². The van der Waals surface area contributed by atoms with Crippen LogP contribution in [0.1, 0.15) is 41.6 Å². The fraction of sp³-hybridized carbons (Fsp3) is 0.381. The molecule has 1 saturated carbocycles. The van der Waals surface area contributed by atoms with Gasteiger partial charge in [-0.15, -0.1) is 0 Å². The molecule has 0 unspecified atom stereocenters. The predicted molar refractivity (Wildman–Crippen MR) is 99.3 cm³/mol. The van der Waals surface area contributed by atoms with Crippen LogP contribution in [-0.2, 0) is 0 Å². The van der Waals surface area contributed by atoms with Gasteiger partial charge in [0.25, 0.3) is 5.91 Å². The molecule has 1 fully saturated rings. The van der Waals surface area contributed by atoms with E-state index in [9.17, 15) is 4.79 Å². The summed E-state index contributed by atoms with van der Waals surface area (Å²) in [6.07, 6.45) is 4.47. The van der Waals surface area contributed by atoms with Gasteiger partial charge in [-0.05, 0) is 62.3 Å². The van der Waals surface area contributed by atoms with Crippen LogP contribution in [0.25, 0.3) is 0 Å². The largest absolute Gasteiger partial charge is 0.385 e. The summed E-state index contributed by atoms with van der Waals surface area (Å²) in [5, 5.41) is 6.73. The summed E-state index contributed by atoms with van der Waals surface area (Å²) in [5.74, 6) is 0.760. The summed E-state index contributed by atoms with van der Waals surface area (Å²) in [4.78, 5) is 12.4. The Hall–Kier alpha value is -2.29. The lowest BCUT2D eigenvalue weighted by atomic mass is 9.85. The molecule has 0 bridgehead atoms. The lowest BCUT2D eigenvalue weighted by Gasteiger charge is -2.29. The highest BCUT2D eigenvalue weighted by molar-refractivity contribution is 5.95. The van der Waals surface area contributed by atoms with E-state index in [-0.39, 0.29) is 5.91 Å². The molecule has 0 radical (unpaired) electrons. The average Bonchev–Trinajstić information content (AvgIpc) is 2.62. The van der Waals surface area contributed by atoms with Crippen LogP contribution in [0.5, 0.6) is 0 Å². The standard InChI is InChI=1S/C21H26N2O/c1-16-7-5-6-10-20(16)21(24)23-19-13-11-17(12-14-19)15-22-18-8-3-2-4-9-18/h2-10,17,19,22H,11-15H2,1H3,(H,23,24)/t17-,19-. The van der Waals surface area contributed by atoms with Crippen molar-refractivity contribution >= 4 is 11.6 Å². The van der Waals surface area contributed by atoms with Crippen LogP contribution < -0.4 is 10.6 Å². The number of para-hydroxylation sites is 1. The number of anilines is 1. The summed E-state index contributed by atoms with van der Waals surface area (Å²) in [6, 6.07) is 18.5. The molecule has 0 atom stereocenters. The van der Waals surface area contributed by atoms with Crippen LogP contribution in [0, 0.1) is 12.8 Å². The molecule has 3 nitrogen and oxygen atoms in total. The minimum absolute atomic E-state index is 0.0685. The molecule has 0 saturated heterocycles. The Labute approximate surface area is 144 Å². The van der Waals surface area contributed by atoms with Crippen LogP contribution in [0.15, 0.2) is 54.6 Å². The third-order valence-electron chi connectivity index (χ3n) is 4.94. The van der Waals surface area contributed by atoms with Gasteiger partial charge in [0.1, 0.15) is 0 Å². The number of carbonyl (C=O) groups excluding carboxylic acids is 1. The van der Waals surface area contributed by atoms with Gasteiger partial charge < -0.3 is 10.6 Å². The number of nitrogens with one attached hydrogen (secondary N) is 2. The van der Waals surface area contributed by atoms with Crippen molar-refractivity contribution in [2.24, 2.45) is 5.92 Å². The van der Waals surface area contributed by atoms with Crippen molar-refractivity contribution in [3.8, 4) is 0 Å². The average molecular weight is 322 g/mol. The van der Waals surface area contributed by atoms with Crippen molar-refractivity contribution < 1.29 is 4.79 Å². The zero-order chi connectivity index (χ0) is 16.8. The molecule has 0 heterocycles. The maximum Gasteiger partial charge on any atom is 0.251 e. The van der Waals surface area contributed by atoms with Crippen LogP contribution in [-0.4, -0.2) is 18.5 Å². The van der Waals surface area contributed by atoms with E-state index in [0.29, 0.717) is 12.0 Å². The summed E-state index contributed by atoms with van der Waals surface area (Å²) >= 11 is 0. The molecular formula is C21H26N2O. The number of carbonyl (C=O) groups is 1. The van der Waals surface area contributed by atoms with Crippen LogP contribution in [0.3, 0.4) is 0 Å². The minimum atomic E-state index is 0.0685. The highest BCUT2D eigenvalue weighted by Gasteiger charge is 2.23. The first-order valence-electron chi connectivity index (χ1n) is 8.88. The van der Waals surface area contributed by atoms with E-state index < -0.39 is 0 Å². The first-order chi connectivity index (χ1) is 11.7. The van der Waals surface area contributed by atoms with Crippen molar-refractivity contribution in [2.45, 2.75) is 38.6 Å². The molecule has 2 aromatic carbocycles. The molecule has 3 rings (SSSR count). The van der Waals surface area contributed by atoms with Crippen LogP contribution in [0.2, 0.25) is 0 Å². The second kappa shape index (κ2) is 8.00. The number of aryl methyl sites for hydroxylation is 1. The van der Waals surface area contributed by atoms with Gasteiger partial charge in [-0.2, -0.15) is 0 Å². The summed E-state index contributed by atoms with van der Waals surface area (Å²) < 4.78 is 0. The Morgan fingerprint density at radius 1 is 0.958 bits per heavy atom. The zero-order valence-corrected chi connectivity index (χ0v) is 14.3. The van der Waals surface area contributed by atoms with Crippen molar-refractivity contribution in [3.05, 3.63) is 65.7 Å². The van der Waals surface area contributed by atoms with Gasteiger partial charge in [0, 0.05) is 23.8 Å². The Bertz CT molecular complexity index is 661. The predicted octanol–water partition coefficient (Wildman–Crippen LogP) is 4.40. The van der Waals surface area contributed by atoms with Gasteiger partial charge in [-0.3, -0.25) is 4.79 Å². The second-order valence-electron chi connectivity index (χ2n) is 6.75. The van der Waals surface area contributed by atoms with Gasteiger partial charge in [0.05, 0.1) is 0 Å². The first-order valence-corrected chi connectivity index (χ1v) is 8.88. The Morgan fingerprint density at radius 3 is 2.33 bits per heavy atom. The molecule has 2 N–H and O–H groups in total. The summed E-state index contributed by atoms with van der Waals surface area (Å²) in [5.41, 5.74) is 3.02. The molecule has 1 aliphatic rings. The minimum Gasteiger partial charge on any atom is -0.385 e. The number of hydrogen-bond donors (Lipinski definition) is 2. The molecule has 2 aromatic rings. The zero-order valence-electron chi connectivity index (χ0n) is 14.3. The van der Waals surface area contributed by atoms with Crippen molar-refractivity contribution in [1.29, 1.82) is 0 Å². The monoisotopic (exact) mass is 322 g/mol. The SMILES string of the molecule is Cc1ccccc1C(=O)N[C@H]1CC[C@H](CNc2ccccc2)CC1. The maximum atomic E-state index is 12.4. The van der Waals surface area contributed by atoms with Crippen LogP contribution >= 0.6 is 0 Å². The molecule has 1 amide bonds. The maximum absolute atomic E-state index is 12.4. The molecule has 0 aliphatic heterocycles. The van der Waals surface area contributed by atoms with E-state index in [0.717, 1.165) is 30.5 Å². The Morgan fingerprint density at radius 2 is 1.62 bits per heavy atom. The fourth-order valence-corrected chi connectivity index (χ4v) is 3.42. The topological polar surface area (TPSA) is 41.1 Å². The number of hydrogen-bond acceptors (Lipinski definition) is 2. The van der Waals surface area contributed by atoms with Crippen molar-refractivity contribution in [3.63, 3.8) is 0 Å². The molecule has 126 valence electrons. The Balaban J connectivity index is 1.44. The smallest absolute Gasteiger partial charge is 0.251 e.